The van der Waals surface area contributed by atoms with Crippen LogP contribution < -0.4 is 4.90 Å². The van der Waals surface area contributed by atoms with Gasteiger partial charge in [0.1, 0.15) is 5.82 Å². The second-order valence-corrected chi connectivity index (χ2v) is 13.0. The van der Waals surface area contributed by atoms with Crippen molar-refractivity contribution in [3.63, 3.8) is 0 Å². The third kappa shape index (κ3) is 3.42. The van der Waals surface area contributed by atoms with Crippen molar-refractivity contribution in [1.29, 1.82) is 0 Å². The molecule has 0 aliphatic carbocycles. The van der Waals surface area contributed by atoms with Crippen molar-refractivity contribution >= 4 is 81.1 Å². The Bertz CT molecular complexity index is 2680. The molecule has 1 aliphatic heterocycles. The van der Waals surface area contributed by atoms with E-state index in [1.165, 1.54) is 80.6 Å². The van der Waals surface area contributed by atoms with Crippen LogP contribution in [-0.2, 0) is 0 Å². The molecule has 0 fully saturated rings. The average Bonchev–Trinajstić information content (AvgIpc) is 3.48. The third-order valence-corrected chi connectivity index (χ3v) is 10.7. The average molecular weight is 591 g/mol. The first kappa shape index (κ1) is 24.9. The summed E-state index contributed by atoms with van der Waals surface area (Å²) in [6.07, 6.45) is 0. The van der Waals surface area contributed by atoms with E-state index >= 15 is 0 Å². The molecule has 0 radical (unpaired) electrons. The first-order valence-electron chi connectivity index (χ1n) is 15.4. The topological polar surface area (TPSA) is 16.1 Å². The van der Waals surface area contributed by atoms with Gasteiger partial charge in [0.15, 0.2) is 0 Å². The highest BCUT2D eigenvalue weighted by molar-refractivity contribution is 7.25. The number of thiophene rings is 1. The molecular formula is C42H26N2S. The highest BCUT2D eigenvalue weighted by Gasteiger charge is 2.31. The summed E-state index contributed by atoms with van der Waals surface area (Å²) in [7, 11) is 0. The van der Waals surface area contributed by atoms with Gasteiger partial charge in [-0.3, -0.25) is 4.90 Å². The number of hydrogen-bond donors (Lipinski definition) is 0. The smallest absolute Gasteiger partial charge is 0.146 e. The van der Waals surface area contributed by atoms with E-state index in [0.717, 1.165) is 17.0 Å². The van der Waals surface area contributed by atoms with Crippen LogP contribution in [0.3, 0.4) is 0 Å². The second kappa shape index (κ2) is 9.25. The first-order chi connectivity index (χ1) is 22.3. The minimum atomic E-state index is 0.966. The summed E-state index contributed by atoms with van der Waals surface area (Å²) in [6.45, 7) is 2.28. The third-order valence-electron chi connectivity index (χ3n) is 9.55. The SMILES string of the molecule is Cc1c(-c2cccc3sc4ccccc4c23)c(N2c3c(ccc4ccccc34)-c3cccc4cccc2c34)nc2ccccc12. The van der Waals surface area contributed by atoms with Crippen LogP contribution in [0.4, 0.5) is 17.2 Å². The number of aromatic nitrogens is 1. The van der Waals surface area contributed by atoms with Gasteiger partial charge >= 0.3 is 0 Å². The lowest BCUT2D eigenvalue weighted by Gasteiger charge is -2.35. The predicted molar refractivity (Wildman–Crippen MR) is 193 cm³/mol. The molecule has 0 amide bonds. The quantitative estimate of drug-likeness (QED) is 0.199. The summed E-state index contributed by atoms with van der Waals surface area (Å²) >= 11 is 1.86. The van der Waals surface area contributed by atoms with Crippen LogP contribution in [0.2, 0.25) is 0 Å². The zero-order chi connectivity index (χ0) is 29.6. The van der Waals surface area contributed by atoms with Crippen LogP contribution in [0, 0.1) is 6.92 Å². The molecule has 10 rings (SSSR count). The number of fused-ring (bicyclic) bond motifs is 8. The van der Waals surface area contributed by atoms with Gasteiger partial charge < -0.3 is 0 Å². The van der Waals surface area contributed by atoms with Crippen LogP contribution in [0.5, 0.6) is 0 Å². The molecule has 0 N–H and O–H groups in total. The Kier molecular flexibility index (Phi) is 5.11. The maximum absolute atomic E-state index is 5.60. The van der Waals surface area contributed by atoms with E-state index < -0.39 is 0 Å². The van der Waals surface area contributed by atoms with Crippen LogP contribution in [-0.4, -0.2) is 4.98 Å². The molecule has 0 saturated carbocycles. The fraction of sp³-hybridized carbons (Fsp3) is 0.0238. The number of anilines is 3. The maximum Gasteiger partial charge on any atom is 0.146 e. The van der Waals surface area contributed by atoms with Crippen molar-refractivity contribution in [2.24, 2.45) is 0 Å². The van der Waals surface area contributed by atoms with Crippen molar-refractivity contribution in [3.05, 3.63) is 145 Å². The molecular weight excluding hydrogens is 565 g/mol. The molecule has 2 nitrogen and oxygen atoms in total. The largest absolute Gasteiger partial charge is 0.293 e. The summed E-state index contributed by atoms with van der Waals surface area (Å²) in [5.74, 6) is 0.966. The minimum absolute atomic E-state index is 0.966. The molecule has 3 heteroatoms. The molecule has 0 unspecified atom stereocenters. The Hall–Kier alpha value is -5.51. The van der Waals surface area contributed by atoms with E-state index in [9.17, 15) is 0 Å². The molecule has 0 bridgehead atoms. The minimum Gasteiger partial charge on any atom is -0.293 e. The molecule has 45 heavy (non-hydrogen) atoms. The van der Waals surface area contributed by atoms with Crippen LogP contribution in [0.1, 0.15) is 5.56 Å². The molecule has 7 aromatic carbocycles. The second-order valence-electron chi connectivity index (χ2n) is 11.9. The van der Waals surface area contributed by atoms with Gasteiger partial charge in [0, 0.05) is 47.5 Å². The molecule has 0 spiro atoms. The monoisotopic (exact) mass is 590 g/mol. The Morgan fingerprint density at radius 3 is 2.11 bits per heavy atom. The van der Waals surface area contributed by atoms with Gasteiger partial charge in [-0.15, -0.1) is 11.3 Å². The summed E-state index contributed by atoms with van der Waals surface area (Å²) in [6, 6.07) is 50.8. The van der Waals surface area contributed by atoms with Crippen LogP contribution in [0.25, 0.3) is 74.9 Å². The van der Waals surface area contributed by atoms with Gasteiger partial charge in [0.2, 0.25) is 0 Å². The van der Waals surface area contributed by atoms with Gasteiger partial charge in [0.05, 0.1) is 16.9 Å². The van der Waals surface area contributed by atoms with Crippen molar-refractivity contribution in [1.82, 2.24) is 4.98 Å². The molecule has 0 atom stereocenters. The lowest BCUT2D eigenvalue weighted by molar-refractivity contribution is 1.21. The Balaban J connectivity index is 1.42. The van der Waals surface area contributed by atoms with E-state index in [-0.39, 0.29) is 0 Å². The van der Waals surface area contributed by atoms with E-state index in [0.29, 0.717) is 0 Å². The lowest BCUT2D eigenvalue weighted by atomic mass is 9.87. The van der Waals surface area contributed by atoms with E-state index in [1.54, 1.807) is 0 Å². The molecule has 2 aromatic heterocycles. The summed E-state index contributed by atoms with van der Waals surface area (Å²) in [4.78, 5) is 8.07. The number of benzene rings is 7. The number of hydrogen-bond acceptors (Lipinski definition) is 3. The molecule has 0 saturated heterocycles. The Morgan fingerprint density at radius 1 is 0.511 bits per heavy atom. The number of nitrogens with zero attached hydrogens (tertiary/aromatic N) is 2. The van der Waals surface area contributed by atoms with Crippen molar-refractivity contribution < 1.29 is 0 Å². The van der Waals surface area contributed by atoms with Gasteiger partial charge in [-0.2, -0.15) is 0 Å². The summed E-state index contributed by atoms with van der Waals surface area (Å²) in [5.41, 5.74) is 9.50. The standard InChI is InChI=1S/C42H26N2S/c1-25-28-14-4-6-19-34(28)43-42(38(25)33-18-10-22-37-40(33)32-16-5-7-21-36(32)45-37)44-35-20-9-13-27-12-8-17-30(39(27)35)31-24-23-26-11-2-3-15-29(26)41(31)44/h2-24H,1H3. The Morgan fingerprint density at radius 2 is 1.20 bits per heavy atom. The maximum atomic E-state index is 5.60. The number of aryl methyl sites for hydroxylation is 1. The van der Waals surface area contributed by atoms with E-state index in [1.807, 2.05) is 11.3 Å². The first-order valence-corrected chi connectivity index (χ1v) is 16.2. The predicted octanol–water partition coefficient (Wildman–Crippen LogP) is 12.3. The number of para-hydroxylation sites is 1. The van der Waals surface area contributed by atoms with Crippen LogP contribution in [0.15, 0.2) is 140 Å². The highest BCUT2D eigenvalue weighted by Crippen LogP contribution is 2.56. The van der Waals surface area contributed by atoms with Crippen molar-refractivity contribution in [3.8, 4) is 22.3 Å². The molecule has 1 aliphatic rings. The summed E-state index contributed by atoms with van der Waals surface area (Å²) in [5, 5.41) is 8.72. The van der Waals surface area contributed by atoms with Gasteiger partial charge in [-0.25, -0.2) is 4.98 Å². The van der Waals surface area contributed by atoms with Gasteiger partial charge in [-0.1, -0.05) is 115 Å². The zero-order valence-electron chi connectivity index (χ0n) is 24.6. The van der Waals surface area contributed by atoms with Crippen molar-refractivity contribution in [2.75, 3.05) is 4.90 Å². The summed E-state index contributed by atoms with van der Waals surface area (Å²) < 4.78 is 2.60. The van der Waals surface area contributed by atoms with Crippen LogP contribution >= 0.6 is 11.3 Å². The fourth-order valence-corrected chi connectivity index (χ4v) is 8.75. The van der Waals surface area contributed by atoms with E-state index in [2.05, 4.69) is 151 Å². The van der Waals surface area contributed by atoms with Crippen molar-refractivity contribution in [2.45, 2.75) is 6.92 Å². The molecule has 9 aromatic rings. The van der Waals surface area contributed by atoms with Gasteiger partial charge in [-0.05, 0) is 58.7 Å². The molecule has 3 heterocycles. The fourth-order valence-electron chi connectivity index (χ4n) is 7.61. The van der Waals surface area contributed by atoms with Gasteiger partial charge in [0.25, 0.3) is 0 Å². The normalized spacial score (nSPS) is 12.5. The number of pyridine rings is 1. The zero-order valence-corrected chi connectivity index (χ0v) is 25.4. The molecule has 210 valence electrons. The highest BCUT2D eigenvalue weighted by atomic mass is 32.1. The van der Waals surface area contributed by atoms with E-state index in [4.69, 9.17) is 4.98 Å². The number of rotatable bonds is 2. The lowest BCUT2D eigenvalue weighted by Crippen LogP contribution is -2.18. The Labute approximate surface area is 264 Å².